The monoisotopic (exact) mass is 230 g/mol. The molecular weight excluding hydrogens is 223 g/mol. The molecule has 6 heteroatoms. The first kappa shape index (κ1) is 10.8. The summed E-state index contributed by atoms with van der Waals surface area (Å²) in [6.45, 7) is 0. The zero-order valence-electron chi connectivity index (χ0n) is 8.59. The predicted octanol–water partition coefficient (Wildman–Crippen LogP) is 1.86. The standard InChI is InChI=1S/C11H7FN4O/c12-8-4-7(6-13)10(5-9(8)14)17-11-15-2-1-3-16-11/h1-5H,14H2. The van der Waals surface area contributed by atoms with Gasteiger partial charge in [-0.3, -0.25) is 0 Å². The molecule has 0 aliphatic heterocycles. The van der Waals surface area contributed by atoms with E-state index in [9.17, 15) is 4.39 Å². The summed E-state index contributed by atoms with van der Waals surface area (Å²) < 4.78 is 18.4. The van der Waals surface area contributed by atoms with Crippen LogP contribution >= 0.6 is 0 Å². The van der Waals surface area contributed by atoms with Crippen LogP contribution in [0.15, 0.2) is 30.6 Å². The second-order valence-electron chi connectivity index (χ2n) is 3.12. The number of nitrogens with zero attached hydrogens (tertiary/aromatic N) is 3. The molecule has 0 saturated carbocycles. The lowest BCUT2D eigenvalue weighted by Gasteiger charge is -2.06. The summed E-state index contributed by atoms with van der Waals surface area (Å²) in [4.78, 5) is 7.65. The van der Waals surface area contributed by atoms with E-state index in [0.717, 1.165) is 6.07 Å². The van der Waals surface area contributed by atoms with Gasteiger partial charge in [-0.1, -0.05) is 0 Å². The molecule has 1 heterocycles. The summed E-state index contributed by atoms with van der Waals surface area (Å²) in [6, 6.07) is 5.73. The van der Waals surface area contributed by atoms with Crippen molar-refractivity contribution in [1.82, 2.24) is 9.97 Å². The van der Waals surface area contributed by atoms with Crippen molar-refractivity contribution in [2.45, 2.75) is 0 Å². The number of hydrogen-bond donors (Lipinski definition) is 1. The van der Waals surface area contributed by atoms with E-state index >= 15 is 0 Å². The van der Waals surface area contributed by atoms with Crippen molar-refractivity contribution in [3.8, 4) is 17.8 Å². The molecule has 0 spiro atoms. The molecular formula is C11H7FN4O. The highest BCUT2D eigenvalue weighted by molar-refractivity contribution is 5.54. The lowest BCUT2D eigenvalue weighted by molar-refractivity contribution is 0.439. The third-order valence-electron chi connectivity index (χ3n) is 1.96. The summed E-state index contributed by atoms with van der Waals surface area (Å²) in [5, 5.41) is 8.83. The Morgan fingerprint density at radius 1 is 1.29 bits per heavy atom. The minimum absolute atomic E-state index is 0.0316. The third-order valence-corrected chi connectivity index (χ3v) is 1.96. The minimum atomic E-state index is -0.664. The molecule has 0 bridgehead atoms. The first-order valence-corrected chi connectivity index (χ1v) is 4.64. The lowest BCUT2D eigenvalue weighted by Crippen LogP contribution is -1.97. The number of nitrogen functional groups attached to an aromatic ring is 1. The minimum Gasteiger partial charge on any atom is -0.423 e. The van der Waals surface area contributed by atoms with Gasteiger partial charge in [0.15, 0.2) is 5.75 Å². The van der Waals surface area contributed by atoms with Crippen molar-refractivity contribution in [1.29, 1.82) is 5.26 Å². The Morgan fingerprint density at radius 2 is 2.00 bits per heavy atom. The molecule has 1 aromatic heterocycles. The highest BCUT2D eigenvalue weighted by Gasteiger charge is 2.10. The van der Waals surface area contributed by atoms with Crippen LogP contribution in [-0.4, -0.2) is 9.97 Å². The molecule has 0 atom stereocenters. The Hall–Kier alpha value is -2.68. The molecule has 17 heavy (non-hydrogen) atoms. The average molecular weight is 230 g/mol. The molecule has 0 saturated heterocycles. The predicted molar refractivity (Wildman–Crippen MR) is 57.6 cm³/mol. The summed E-state index contributed by atoms with van der Waals surface area (Å²) in [5.41, 5.74) is 5.32. The average Bonchev–Trinajstić information content (AvgIpc) is 2.35. The van der Waals surface area contributed by atoms with Crippen LogP contribution in [0.3, 0.4) is 0 Å². The molecule has 2 aromatic rings. The second-order valence-corrected chi connectivity index (χ2v) is 3.12. The van der Waals surface area contributed by atoms with E-state index in [1.54, 1.807) is 6.07 Å². The maximum absolute atomic E-state index is 13.1. The van der Waals surface area contributed by atoms with E-state index in [0.29, 0.717) is 0 Å². The topological polar surface area (TPSA) is 84.8 Å². The Balaban J connectivity index is 2.40. The van der Waals surface area contributed by atoms with E-state index in [2.05, 4.69) is 9.97 Å². The van der Waals surface area contributed by atoms with Gasteiger partial charge in [0.25, 0.3) is 0 Å². The number of aromatic nitrogens is 2. The normalized spacial score (nSPS) is 9.65. The molecule has 0 unspecified atom stereocenters. The molecule has 5 nitrogen and oxygen atoms in total. The van der Waals surface area contributed by atoms with Gasteiger partial charge in [0.05, 0.1) is 11.3 Å². The Labute approximate surface area is 96.3 Å². The van der Waals surface area contributed by atoms with E-state index in [1.165, 1.54) is 18.5 Å². The van der Waals surface area contributed by atoms with Gasteiger partial charge in [0, 0.05) is 18.5 Å². The number of ether oxygens (including phenoxy) is 1. The van der Waals surface area contributed by atoms with Crippen LogP contribution in [0, 0.1) is 17.1 Å². The molecule has 2 rings (SSSR count). The van der Waals surface area contributed by atoms with Crippen LogP contribution in [0.1, 0.15) is 5.56 Å². The van der Waals surface area contributed by atoms with Crippen LogP contribution in [0.2, 0.25) is 0 Å². The Kier molecular flexibility index (Phi) is 2.83. The van der Waals surface area contributed by atoms with E-state index in [-0.39, 0.29) is 23.0 Å². The molecule has 0 fully saturated rings. The Morgan fingerprint density at radius 3 is 2.65 bits per heavy atom. The van der Waals surface area contributed by atoms with Gasteiger partial charge in [0.2, 0.25) is 0 Å². The van der Waals surface area contributed by atoms with Crippen molar-refractivity contribution in [3.05, 3.63) is 42.0 Å². The van der Waals surface area contributed by atoms with Crippen LogP contribution in [0.5, 0.6) is 11.8 Å². The summed E-state index contributed by atoms with van der Waals surface area (Å²) in [7, 11) is 0. The van der Waals surface area contributed by atoms with Crippen LogP contribution in [0.4, 0.5) is 10.1 Å². The van der Waals surface area contributed by atoms with Crippen molar-refractivity contribution < 1.29 is 9.13 Å². The maximum Gasteiger partial charge on any atom is 0.321 e. The van der Waals surface area contributed by atoms with Gasteiger partial charge >= 0.3 is 6.01 Å². The van der Waals surface area contributed by atoms with Crippen molar-refractivity contribution >= 4 is 5.69 Å². The van der Waals surface area contributed by atoms with Crippen LogP contribution < -0.4 is 10.5 Å². The molecule has 0 aliphatic carbocycles. The molecule has 1 aromatic carbocycles. The highest BCUT2D eigenvalue weighted by atomic mass is 19.1. The fourth-order valence-electron chi connectivity index (χ4n) is 1.18. The van der Waals surface area contributed by atoms with Crippen molar-refractivity contribution in [3.63, 3.8) is 0 Å². The highest BCUT2D eigenvalue weighted by Crippen LogP contribution is 2.26. The number of benzene rings is 1. The summed E-state index contributed by atoms with van der Waals surface area (Å²) in [5.74, 6) is -0.541. The molecule has 0 aliphatic rings. The van der Waals surface area contributed by atoms with Gasteiger partial charge in [-0.05, 0) is 12.1 Å². The van der Waals surface area contributed by atoms with Crippen LogP contribution in [0.25, 0.3) is 0 Å². The van der Waals surface area contributed by atoms with E-state index in [4.69, 9.17) is 15.7 Å². The van der Waals surface area contributed by atoms with Gasteiger partial charge in [0.1, 0.15) is 11.9 Å². The summed E-state index contributed by atoms with van der Waals surface area (Å²) in [6.07, 6.45) is 2.97. The first-order valence-electron chi connectivity index (χ1n) is 4.64. The lowest BCUT2D eigenvalue weighted by atomic mass is 10.2. The van der Waals surface area contributed by atoms with Gasteiger partial charge in [-0.2, -0.15) is 5.26 Å². The fraction of sp³-hybridized carbons (Fsp3) is 0. The van der Waals surface area contributed by atoms with E-state index < -0.39 is 5.82 Å². The van der Waals surface area contributed by atoms with Crippen LogP contribution in [-0.2, 0) is 0 Å². The third kappa shape index (κ3) is 2.29. The number of halogens is 1. The number of nitriles is 1. The number of nitrogens with two attached hydrogens (primary N) is 1. The number of rotatable bonds is 2. The van der Waals surface area contributed by atoms with Crippen molar-refractivity contribution in [2.75, 3.05) is 5.73 Å². The van der Waals surface area contributed by atoms with Gasteiger partial charge < -0.3 is 10.5 Å². The number of hydrogen-bond acceptors (Lipinski definition) is 5. The number of anilines is 1. The smallest absolute Gasteiger partial charge is 0.321 e. The fourth-order valence-corrected chi connectivity index (χ4v) is 1.18. The second kappa shape index (κ2) is 4.45. The van der Waals surface area contributed by atoms with Crippen molar-refractivity contribution in [2.24, 2.45) is 0 Å². The zero-order chi connectivity index (χ0) is 12.3. The van der Waals surface area contributed by atoms with E-state index in [1.807, 2.05) is 6.07 Å². The van der Waals surface area contributed by atoms with Gasteiger partial charge in [-0.25, -0.2) is 14.4 Å². The maximum atomic E-state index is 13.1. The first-order chi connectivity index (χ1) is 8.20. The SMILES string of the molecule is N#Cc1cc(F)c(N)cc1Oc1ncccn1. The quantitative estimate of drug-likeness (QED) is 0.796. The molecule has 84 valence electrons. The van der Waals surface area contributed by atoms with Gasteiger partial charge in [-0.15, -0.1) is 0 Å². The molecule has 0 amide bonds. The Bertz CT molecular complexity index is 580. The molecule has 2 N–H and O–H groups in total. The molecule has 0 radical (unpaired) electrons. The zero-order valence-corrected chi connectivity index (χ0v) is 8.59. The largest absolute Gasteiger partial charge is 0.423 e. The summed E-state index contributed by atoms with van der Waals surface area (Å²) >= 11 is 0.